The zero-order valence-electron chi connectivity index (χ0n) is 15.2. The Bertz CT molecular complexity index is 764. The van der Waals surface area contributed by atoms with Gasteiger partial charge in [0.2, 0.25) is 0 Å². The van der Waals surface area contributed by atoms with Gasteiger partial charge < -0.3 is 20.1 Å². The van der Waals surface area contributed by atoms with E-state index in [0.717, 1.165) is 42.4 Å². The van der Waals surface area contributed by atoms with Gasteiger partial charge in [0, 0.05) is 37.4 Å². The van der Waals surface area contributed by atoms with Gasteiger partial charge in [-0.1, -0.05) is 12.1 Å². The summed E-state index contributed by atoms with van der Waals surface area (Å²) in [4.78, 5) is 14.1. The summed E-state index contributed by atoms with van der Waals surface area (Å²) in [6.45, 7) is 5.53. The molecule has 0 unspecified atom stereocenters. The molecule has 0 spiro atoms. The van der Waals surface area contributed by atoms with Crippen LogP contribution < -0.4 is 20.1 Å². The minimum absolute atomic E-state index is 0.199. The number of methoxy groups -OCH3 is 1. The van der Waals surface area contributed by atoms with Gasteiger partial charge in [-0.15, -0.1) is 0 Å². The zero-order chi connectivity index (χ0) is 18.4. The predicted molar refractivity (Wildman–Crippen MR) is 102 cm³/mol. The fraction of sp³-hybridized carbons (Fsp3) is 0.350. The zero-order valence-corrected chi connectivity index (χ0v) is 15.2. The lowest BCUT2D eigenvalue weighted by atomic mass is 10.1. The fourth-order valence-electron chi connectivity index (χ4n) is 3.03. The number of amides is 2. The van der Waals surface area contributed by atoms with Crippen molar-refractivity contribution in [1.29, 1.82) is 0 Å². The molecule has 0 radical (unpaired) electrons. The van der Waals surface area contributed by atoms with Gasteiger partial charge >= 0.3 is 6.03 Å². The molecule has 0 saturated heterocycles. The number of urea groups is 1. The number of fused-ring (bicyclic) bond motifs is 1. The molecule has 1 aliphatic heterocycles. The summed E-state index contributed by atoms with van der Waals surface area (Å²) in [7, 11) is 1.68. The lowest BCUT2D eigenvalue weighted by Gasteiger charge is -2.20. The second-order valence-electron chi connectivity index (χ2n) is 6.22. The third-order valence-electron chi connectivity index (χ3n) is 4.26. The van der Waals surface area contributed by atoms with Crippen LogP contribution in [0.25, 0.3) is 0 Å². The molecule has 0 aromatic heterocycles. The van der Waals surface area contributed by atoms with Crippen LogP contribution in [0.4, 0.5) is 10.5 Å². The lowest BCUT2D eigenvalue weighted by molar-refractivity contribution is 0.219. The lowest BCUT2D eigenvalue weighted by Crippen LogP contribution is -2.28. The Morgan fingerprint density at radius 1 is 1.27 bits per heavy atom. The molecular formula is C20H25N3O3. The maximum atomic E-state index is 11.7. The largest absolute Gasteiger partial charge is 0.497 e. The van der Waals surface area contributed by atoms with E-state index in [1.54, 1.807) is 7.11 Å². The summed E-state index contributed by atoms with van der Waals surface area (Å²) < 4.78 is 11.2. The SMILES string of the molecule is CCNC(=O)Nc1ccc2c(c1)CN(Cc1cccc(OC)c1)CCO2. The molecule has 2 aromatic carbocycles. The van der Waals surface area contributed by atoms with Gasteiger partial charge in [0.25, 0.3) is 0 Å². The molecule has 2 aromatic rings. The standard InChI is InChI=1S/C20H25N3O3/c1-3-21-20(24)22-17-7-8-19-16(12-17)14-23(9-10-26-19)13-15-5-4-6-18(11-15)25-2/h4-8,11-12H,3,9-10,13-14H2,1-2H3,(H2,21,22,24). The van der Waals surface area contributed by atoms with Crippen molar-refractivity contribution in [2.45, 2.75) is 20.0 Å². The van der Waals surface area contributed by atoms with E-state index >= 15 is 0 Å². The van der Waals surface area contributed by atoms with Gasteiger partial charge in [0.05, 0.1) is 7.11 Å². The molecule has 1 aliphatic rings. The van der Waals surface area contributed by atoms with E-state index < -0.39 is 0 Å². The fourth-order valence-corrected chi connectivity index (χ4v) is 3.03. The van der Waals surface area contributed by atoms with Gasteiger partial charge in [-0.2, -0.15) is 0 Å². The third-order valence-corrected chi connectivity index (χ3v) is 4.26. The summed E-state index contributed by atoms with van der Waals surface area (Å²) >= 11 is 0. The van der Waals surface area contributed by atoms with Crippen LogP contribution in [0.1, 0.15) is 18.1 Å². The van der Waals surface area contributed by atoms with E-state index in [4.69, 9.17) is 9.47 Å². The number of hydrogen-bond donors (Lipinski definition) is 2. The van der Waals surface area contributed by atoms with Crippen LogP contribution in [-0.4, -0.2) is 37.7 Å². The molecule has 26 heavy (non-hydrogen) atoms. The predicted octanol–water partition coefficient (Wildman–Crippen LogP) is 3.23. The van der Waals surface area contributed by atoms with Crippen molar-refractivity contribution in [1.82, 2.24) is 10.2 Å². The van der Waals surface area contributed by atoms with E-state index in [2.05, 4.69) is 27.7 Å². The van der Waals surface area contributed by atoms with Gasteiger partial charge in [-0.3, -0.25) is 4.90 Å². The number of carbonyl (C=O) groups is 1. The van der Waals surface area contributed by atoms with Gasteiger partial charge in [-0.05, 0) is 42.8 Å². The third kappa shape index (κ3) is 4.67. The van der Waals surface area contributed by atoms with Crippen molar-refractivity contribution < 1.29 is 14.3 Å². The van der Waals surface area contributed by atoms with Crippen molar-refractivity contribution in [2.24, 2.45) is 0 Å². The quantitative estimate of drug-likeness (QED) is 0.864. The average Bonchev–Trinajstić information content (AvgIpc) is 2.83. The summed E-state index contributed by atoms with van der Waals surface area (Å²) in [6, 6.07) is 13.7. The van der Waals surface area contributed by atoms with Crippen LogP contribution in [0, 0.1) is 0 Å². The molecule has 0 bridgehead atoms. The molecule has 6 nitrogen and oxygen atoms in total. The number of benzene rings is 2. The second kappa shape index (κ2) is 8.58. The molecule has 2 N–H and O–H groups in total. The number of carbonyl (C=O) groups excluding carboxylic acids is 1. The average molecular weight is 355 g/mol. The Morgan fingerprint density at radius 3 is 2.96 bits per heavy atom. The summed E-state index contributed by atoms with van der Waals surface area (Å²) in [5.41, 5.74) is 3.03. The smallest absolute Gasteiger partial charge is 0.319 e. The molecule has 3 rings (SSSR count). The molecule has 138 valence electrons. The van der Waals surface area contributed by atoms with Crippen LogP contribution in [0.5, 0.6) is 11.5 Å². The summed E-state index contributed by atoms with van der Waals surface area (Å²) in [5.74, 6) is 1.74. The van der Waals surface area contributed by atoms with Gasteiger partial charge in [0.15, 0.2) is 0 Å². The van der Waals surface area contributed by atoms with Gasteiger partial charge in [-0.25, -0.2) is 4.79 Å². The monoisotopic (exact) mass is 355 g/mol. The highest BCUT2D eigenvalue weighted by molar-refractivity contribution is 5.89. The molecule has 0 saturated carbocycles. The minimum Gasteiger partial charge on any atom is -0.497 e. The molecule has 0 aliphatic carbocycles. The topological polar surface area (TPSA) is 62.8 Å². The maximum absolute atomic E-state index is 11.7. The molecule has 2 amide bonds. The van der Waals surface area contributed by atoms with E-state index in [0.29, 0.717) is 13.2 Å². The van der Waals surface area contributed by atoms with Crippen molar-refractivity contribution in [2.75, 3.05) is 32.1 Å². The molecule has 6 heteroatoms. The maximum Gasteiger partial charge on any atom is 0.319 e. The van der Waals surface area contributed by atoms with Crippen molar-refractivity contribution >= 4 is 11.7 Å². The van der Waals surface area contributed by atoms with E-state index in [1.807, 2.05) is 37.3 Å². The number of nitrogens with zero attached hydrogens (tertiary/aromatic N) is 1. The van der Waals surface area contributed by atoms with Crippen molar-refractivity contribution in [3.8, 4) is 11.5 Å². The highest BCUT2D eigenvalue weighted by atomic mass is 16.5. The summed E-state index contributed by atoms with van der Waals surface area (Å²) in [5, 5.41) is 5.59. The molecule has 1 heterocycles. The Labute approximate surface area is 154 Å². The molecule has 0 atom stereocenters. The van der Waals surface area contributed by atoms with E-state index in [1.165, 1.54) is 5.56 Å². The summed E-state index contributed by atoms with van der Waals surface area (Å²) in [6.07, 6.45) is 0. The number of anilines is 1. The second-order valence-corrected chi connectivity index (χ2v) is 6.22. The number of nitrogens with one attached hydrogen (secondary N) is 2. The highest BCUT2D eigenvalue weighted by Gasteiger charge is 2.16. The first kappa shape index (κ1) is 18.1. The first-order valence-electron chi connectivity index (χ1n) is 8.84. The Morgan fingerprint density at radius 2 is 2.15 bits per heavy atom. The van der Waals surface area contributed by atoms with Gasteiger partial charge in [0.1, 0.15) is 18.1 Å². The number of hydrogen-bond acceptors (Lipinski definition) is 4. The van der Waals surface area contributed by atoms with Crippen LogP contribution in [0.15, 0.2) is 42.5 Å². The number of ether oxygens (including phenoxy) is 2. The molecule has 0 fully saturated rings. The number of rotatable bonds is 5. The van der Waals surface area contributed by atoms with E-state index in [-0.39, 0.29) is 6.03 Å². The first-order chi connectivity index (χ1) is 12.7. The normalized spacial score (nSPS) is 13.9. The minimum atomic E-state index is -0.199. The Balaban J connectivity index is 1.72. The van der Waals surface area contributed by atoms with Crippen LogP contribution in [-0.2, 0) is 13.1 Å². The van der Waals surface area contributed by atoms with Crippen molar-refractivity contribution in [3.05, 3.63) is 53.6 Å². The van der Waals surface area contributed by atoms with Crippen LogP contribution in [0.3, 0.4) is 0 Å². The Hall–Kier alpha value is -2.73. The first-order valence-corrected chi connectivity index (χ1v) is 8.84. The van der Waals surface area contributed by atoms with Crippen LogP contribution in [0.2, 0.25) is 0 Å². The van der Waals surface area contributed by atoms with Crippen LogP contribution >= 0.6 is 0 Å². The van der Waals surface area contributed by atoms with E-state index in [9.17, 15) is 4.79 Å². The highest BCUT2D eigenvalue weighted by Crippen LogP contribution is 2.27. The molecular weight excluding hydrogens is 330 g/mol. The van der Waals surface area contributed by atoms with Crippen molar-refractivity contribution in [3.63, 3.8) is 0 Å². The Kier molecular flexibility index (Phi) is 5.96.